The Labute approximate surface area is 184 Å². The Morgan fingerprint density at radius 1 is 1.26 bits per heavy atom. The first-order valence-corrected chi connectivity index (χ1v) is 11.2. The summed E-state index contributed by atoms with van der Waals surface area (Å²) < 4.78 is 18.0. The molecule has 0 N–H and O–H groups in total. The van der Waals surface area contributed by atoms with Crippen LogP contribution in [-0.4, -0.2) is 47.7 Å². The monoisotopic (exact) mass is 440 g/mol. The summed E-state index contributed by atoms with van der Waals surface area (Å²) in [6.07, 6.45) is 1.93. The molecule has 0 spiro atoms. The summed E-state index contributed by atoms with van der Waals surface area (Å²) in [6, 6.07) is 14.4. The SMILES string of the molecule is COC(=O)c1ccc2c(=O)n(CC3CCCO3)c(SCCOc3ccccc3)nc2c1. The molecule has 1 saturated heterocycles. The van der Waals surface area contributed by atoms with Gasteiger partial charge in [0.15, 0.2) is 5.16 Å². The molecule has 1 aliphatic rings. The van der Waals surface area contributed by atoms with Gasteiger partial charge in [0.05, 0.1) is 42.8 Å². The molecule has 3 aromatic rings. The highest BCUT2D eigenvalue weighted by atomic mass is 32.2. The van der Waals surface area contributed by atoms with Gasteiger partial charge in [-0.25, -0.2) is 9.78 Å². The second-order valence-electron chi connectivity index (χ2n) is 7.18. The lowest BCUT2D eigenvalue weighted by Gasteiger charge is -2.17. The molecule has 1 unspecified atom stereocenters. The van der Waals surface area contributed by atoms with Crippen LogP contribution in [0.25, 0.3) is 10.9 Å². The number of thioether (sulfide) groups is 1. The smallest absolute Gasteiger partial charge is 0.337 e. The van der Waals surface area contributed by atoms with Gasteiger partial charge in [0.2, 0.25) is 0 Å². The van der Waals surface area contributed by atoms with Crippen LogP contribution in [0, 0.1) is 0 Å². The van der Waals surface area contributed by atoms with Gasteiger partial charge in [0, 0.05) is 12.4 Å². The predicted octanol–water partition coefficient (Wildman–Crippen LogP) is 3.53. The van der Waals surface area contributed by atoms with Crippen molar-refractivity contribution in [2.45, 2.75) is 30.6 Å². The molecule has 2 heterocycles. The average molecular weight is 441 g/mol. The number of para-hydroxylation sites is 1. The number of carbonyl (C=O) groups is 1. The van der Waals surface area contributed by atoms with Crippen LogP contribution in [0.15, 0.2) is 58.5 Å². The Balaban J connectivity index is 1.60. The minimum absolute atomic E-state index is 0.00575. The van der Waals surface area contributed by atoms with Crippen molar-refractivity contribution >= 4 is 28.6 Å². The third-order valence-corrected chi connectivity index (χ3v) is 6.02. The van der Waals surface area contributed by atoms with Gasteiger partial charge in [-0.1, -0.05) is 30.0 Å². The van der Waals surface area contributed by atoms with E-state index in [1.165, 1.54) is 18.9 Å². The number of rotatable bonds is 8. The second kappa shape index (κ2) is 9.98. The molecule has 7 nitrogen and oxygen atoms in total. The van der Waals surface area contributed by atoms with E-state index in [1.807, 2.05) is 30.3 Å². The van der Waals surface area contributed by atoms with Gasteiger partial charge in [0.25, 0.3) is 5.56 Å². The number of benzene rings is 2. The van der Waals surface area contributed by atoms with E-state index in [2.05, 4.69) is 0 Å². The molecule has 1 aliphatic heterocycles. The first-order valence-electron chi connectivity index (χ1n) is 10.2. The molecular formula is C23H24N2O5S. The zero-order valence-corrected chi connectivity index (χ0v) is 18.1. The summed E-state index contributed by atoms with van der Waals surface area (Å²) in [4.78, 5) is 29.9. The van der Waals surface area contributed by atoms with Gasteiger partial charge in [-0.15, -0.1) is 0 Å². The van der Waals surface area contributed by atoms with Gasteiger partial charge < -0.3 is 14.2 Å². The summed E-state index contributed by atoms with van der Waals surface area (Å²) in [5.41, 5.74) is 0.702. The Hall–Kier alpha value is -2.84. The van der Waals surface area contributed by atoms with Crippen LogP contribution in [-0.2, 0) is 16.0 Å². The van der Waals surface area contributed by atoms with Crippen LogP contribution in [0.4, 0.5) is 0 Å². The quantitative estimate of drug-likeness (QED) is 0.229. The van der Waals surface area contributed by atoms with Crippen molar-refractivity contribution in [1.29, 1.82) is 0 Å². The minimum Gasteiger partial charge on any atom is -0.493 e. The normalized spacial score (nSPS) is 15.8. The molecule has 0 saturated carbocycles. The lowest BCUT2D eigenvalue weighted by atomic mass is 10.1. The van der Waals surface area contributed by atoms with Crippen molar-refractivity contribution in [2.24, 2.45) is 0 Å². The fourth-order valence-corrected chi connectivity index (χ4v) is 4.34. The topological polar surface area (TPSA) is 79.7 Å². The van der Waals surface area contributed by atoms with Crippen molar-refractivity contribution in [1.82, 2.24) is 9.55 Å². The van der Waals surface area contributed by atoms with E-state index in [1.54, 1.807) is 22.8 Å². The van der Waals surface area contributed by atoms with E-state index in [0.717, 1.165) is 25.2 Å². The van der Waals surface area contributed by atoms with Crippen molar-refractivity contribution in [2.75, 3.05) is 26.1 Å². The number of aromatic nitrogens is 2. The summed E-state index contributed by atoms with van der Waals surface area (Å²) >= 11 is 1.45. The second-order valence-corrected chi connectivity index (χ2v) is 8.24. The van der Waals surface area contributed by atoms with Crippen LogP contribution >= 0.6 is 11.8 Å². The highest BCUT2D eigenvalue weighted by Gasteiger charge is 2.21. The molecule has 162 valence electrons. The lowest BCUT2D eigenvalue weighted by molar-refractivity contribution is 0.0601. The van der Waals surface area contributed by atoms with Crippen molar-refractivity contribution < 1.29 is 19.0 Å². The Morgan fingerprint density at radius 3 is 2.84 bits per heavy atom. The fraction of sp³-hybridized carbons (Fsp3) is 0.348. The summed E-state index contributed by atoms with van der Waals surface area (Å²) in [5, 5.41) is 1.06. The third-order valence-electron chi connectivity index (χ3n) is 5.08. The predicted molar refractivity (Wildman–Crippen MR) is 119 cm³/mol. The summed E-state index contributed by atoms with van der Waals surface area (Å²) in [7, 11) is 1.33. The van der Waals surface area contributed by atoms with Gasteiger partial charge in [0.1, 0.15) is 5.75 Å². The van der Waals surface area contributed by atoms with E-state index in [4.69, 9.17) is 19.2 Å². The van der Waals surface area contributed by atoms with E-state index in [-0.39, 0.29) is 11.7 Å². The molecular weight excluding hydrogens is 416 g/mol. The number of methoxy groups -OCH3 is 1. The van der Waals surface area contributed by atoms with E-state index in [0.29, 0.717) is 40.5 Å². The van der Waals surface area contributed by atoms with Crippen LogP contribution in [0.3, 0.4) is 0 Å². The molecule has 0 amide bonds. The van der Waals surface area contributed by atoms with E-state index >= 15 is 0 Å². The summed E-state index contributed by atoms with van der Waals surface area (Å²) in [6.45, 7) is 1.66. The molecule has 0 radical (unpaired) electrons. The van der Waals surface area contributed by atoms with Crippen LogP contribution in [0.1, 0.15) is 23.2 Å². The maximum atomic E-state index is 13.2. The van der Waals surface area contributed by atoms with Gasteiger partial charge >= 0.3 is 5.97 Å². The van der Waals surface area contributed by atoms with Gasteiger partial charge in [-0.05, 0) is 43.2 Å². The Bertz CT molecular complexity index is 1110. The fourth-order valence-electron chi connectivity index (χ4n) is 3.52. The zero-order chi connectivity index (χ0) is 21.6. The molecule has 4 rings (SSSR count). The van der Waals surface area contributed by atoms with E-state index in [9.17, 15) is 9.59 Å². The number of esters is 1. The first kappa shape index (κ1) is 21.4. The highest BCUT2D eigenvalue weighted by molar-refractivity contribution is 7.99. The molecule has 0 aliphatic carbocycles. The van der Waals surface area contributed by atoms with Crippen molar-refractivity contribution in [3.05, 3.63) is 64.4 Å². The minimum atomic E-state index is -0.460. The third kappa shape index (κ3) is 5.08. The van der Waals surface area contributed by atoms with Gasteiger partial charge in [-0.3, -0.25) is 9.36 Å². The first-order chi connectivity index (χ1) is 15.2. The number of nitrogens with zero attached hydrogens (tertiary/aromatic N) is 2. The molecule has 1 aromatic heterocycles. The van der Waals surface area contributed by atoms with Crippen LogP contribution in [0.5, 0.6) is 5.75 Å². The average Bonchev–Trinajstić information content (AvgIpc) is 3.32. The Morgan fingerprint density at radius 2 is 2.10 bits per heavy atom. The number of hydrogen-bond acceptors (Lipinski definition) is 7. The number of carbonyl (C=O) groups excluding carboxylic acids is 1. The molecule has 2 aromatic carbocycles. The Kier molecular flexibility index (Phi) is 6.89. The lowest BCUT2D eigenvalue weighted by Crippen LogP contribution is -2.29. The number of fused-ring (bicyclic) bond motifs is 1. The number of ether oxygens (including phenoxy) is 3. The van der Waals surface area contributed by atoms with Crippen LogP contribution < -0.4 is 10.3 Å². The van der Waals surface area contributed by atoms with Gasteiger partial charge in [-0.2, -0.15) is 0 Å². The molecule has 31 heavy (non-hydrogen) atoms. The van der Waals surface area contributed by atoms with Crippen molar-refractivity contribution in [3.8, 4) is 5.75 Å². The maximum absolute atomic E-state index is 13.2. The van der Waals surface area contributed by atoms with E-state index < -0.39 is 5.97 Å². The molecule has 0 bridgehead atoms. The maximum Gasteiger partial charge on any atom is 0.337 e. The van der Waals surface area contributed by atoms with Crippen molar-refractivity contribution in [3.63, 3.8) is 0 Å². The number of hydrogen-bond donors (Lipinski definition) is 0. The molecule has 8 heteroatoms. The molecule has 1 atom stereocenters. The standard InChI is InChI=1S/C23H24N2O5S/c1-28-22(27)16-9-10-19-20(14-16)24-23(25(21(19)26)15-18-8-5-11-29-18)31-13-12-30-17-6-3-2-4-7-17/h2-4,6-7,9-10,14,18H,5,8,11-13,15H2,1H3. The highest BCUT2D eigenvalue weighted by Crippen LogP contribution is 2.22. The molecule has 1 fully saturated rings. The van der Waals surface area contributed by atoms with Crippen LogP contribution in [0.2, 0.25) is 0 Å². The largest absolute Gasteiger partial charge is 0.493 e. The zero-order valence-electron chi connectivity index (χ0n) is 17.3. The summed E-state index contributed by atoms with van der Waals surface area (Å²) in [5.74, 6) is 0.960.